The van der Waals surface area contributed by atoms with E-state index in [0.717, 1.165) is 23.7 Å². The van der Waals surface area contributed by atoms with Crippen molar-refractivity contribution in [3.8, 4) is 0 Å². The van der Waals surface area contributed by atoms with Gasteiger partial charge in [0.1, 0.15) is 0 Å². The summed E-state index contributed by atoms with van der Waals surface area (Å²) in [5.41, 5.74) is 0.609. The van der Waals surface area contributed by atoms with Crippen LogP contribution >= 0.6 is 0 Å². The first-order valence-electron chi connectivity index (χ1n) is 6.50. The van der Waals surface area contributed by atoms with Crippen molar-refractivity contribution in [3.63, 3.8) is 0 Å². The molecule has 4 atom stereocenters. The highest BCUT2D eigenvalue weighted by molar-refractivity contribution is 4.92. The van der Waals surface area contributed by atoms with E-state index < -0.39 is 0 Å². The molecule has 0 aromatic heterocycles. The summed E-state index contributed by atoms with van der Waals surface area (Å²) in [4.78, 5) is 0. The standard InChI is InChI=1S/C14H26/c1-10-5-6-12-7-8-14(3,4)11(2)13(12)9-10/h10-13H,5-9H2,1-4H3. The molecule has 0 heteroatoms. The molecule has 0 aromatic rings. The Hall–Kier alpha value is 0. The third-order valence-electron chi connectivity index (χ3n) is 5.34. The zero-order valence-corrected chi connectivity index (χ0v) is 10.3. The normalized spacial score (nSPS) is 47.1. The molecule has 0 radical (unpaired) electrons. The molecule has 0 aromatic carbocycles. The molecule has 0 nitrogen and oxygen atoms in total. The Kier molecular flexibility index (Phi) is 2.66. The maximum atomic E-state index is 2.51. The number of rotatable bonds is 0. The molecular formula is C14H26. The topological polar surface area (TPSA) is 0 Å². The van der Waals surface area contributed by atoms with Crippen LogP contribution in [0, 0.1) is 29.1 Å². The Balaban J connectivity index is 2.10. The molecule has 82 valence electrons. The molecule has 0 saturated heterocycles. The highest BCUT2D eigenvalue weighted by Crippen LogP contribution is 2.52. The maximum absolute atomic E-state index is 2.51. The molecule has 2 aliphatic carbocycles. The Morgan fingerprint density at radius 2 is 1.71 bits per heavy atom. The second-order valence-corrected chi connectivity index (χ2v) is 6.66. The molecule has 2 rings (SSSR count). The molecule has 2 fully saturated rings. The quantitative estimate of drug-likeness (QED) is 0.533. The first-order chi connectivity index (χ1) is 6.50. The lowest BCUT2D eigenvalue weighted by molar-refractivity contribution is 0.00164. The van der Waals surface area contributed by atoms with Gasteiger partial charge in [0.2, 0.25) is 0 Å². The van der Waals surface area contributed by atoms with Crippen molar-refractivity contribution in [1.82, 2.24) is 0 Å². The van der Waals surface area contributed by atoms with E-state index in [1.165, 1.54) is 32.1 Å². The molecule has 2 saturated carbocycles. The molecule has 0 heterocycles. The van der Waals surface area contributed by atoms with Gasteiger partial charge in [-0.15, -0.1) is 0 Å². The van der Waals surface area contributed by atoms with E-state index in [1.807, 2.05) is 0 Å². The molecule has 0 amide bonds. The fraction of sp³-hybridized carbons (Fsp3) is 1.00. The van der Waals surface area contributed by atoms with E-state index >= 15 is 0 Å². The first kappa shape index (κ1) is 10.5. The van der Waals surface area contributed by atoms with E-state index in [2.05, 4.69) is 27.7 Å². The Morgan fingerprint density at radius 1 is 1.00 bits per heavy atom. The SMILES string of the molecule is CC1CCC2CCC(C)(C)C(C)C2C1. The van der Waals surface area contributed by atoms with Crippen molar-refractivity contribution in [2.45, 2.75) is 59.8 Å². The summed E-state index contributed by atoms with van der Waals surface area (Å²) < 4.78 is 0. The molecule has 0 bridgehead atoms. The van der Waals surface area contributed by atoms with Crippen LogP contribution in [0.1, 0.15) is 59.8 Å². The van der Waals surface area contributed by atoms with Crippen molar-refractivity contribution in [3.05, 3.63) is 0 Å². The van der Waals surface area contributed by atoms with Crippen LogP contribution in [0.25, 0.3) is 0 Å². The van der Waals surface area contributed by atoms with Crippen LogP contribution < -0.4 is 0 Å². The lowest BCUT2D eigenvalue weighted by Crippen LogP contribution is -2.41. The average Bonchev–Trinajstić information content (AvgIpc) is 2.13. The molecule has 14 heavy (non-hydrogen) atoms. The van der Waals surface area contributed by atoms with Gasteiger partial charge in [0, 0.05) is 0 Å². The van der Waals surface area contributed by atoms with Crippen LogP contribution in [0.2, 0.25) is 0 Å². The fourth-order valence-electron chi connectivity index (χ4n) is 3.82. The lowest BCUT2D eigenvalue weighted by atomic mass is 9.56. The van der Waals surface area contributed by atoms with Crippen molar-refractivity contribution in [2.24, 2.45) is 29.1 Å². The molecule has 0 spiro atoms. The summed E-state index contributed by atoms with van der Waals surface area (Å²) in [5, 5.41) is 0. The summed E-state index contributed by atoms with van der Waals surface area (Å²) in [5.74, 6) is 4.06. The highest BCUT2D eigenvalue weighted by atomic mass is 14.5. The van der Waals surface area contributed by atoms with Gasteiger partial charge in [0.05, 0.1) is 0 Å². The highest BCUT2D eigenvalue weighted by Gasteiger charge is 2.42. The van der Waals surface area contributed by atoms with E-state index in [9.17, 15) is 0 Å². The summed E-state index contributed by atoms with van der Waals surface area (Å²) in [6, 6.07) is 0. The predicted molar refractivity (Wildman–Crippen MR) is 62.2 cm³/mol. The van der Waals surface area contributed by atoms with E-state index in [0.29, 0.717) is 5.41 Å². The van der Waals surface area contributed by atoms with Gasteiger partial charge in [-0.2, -0.15) is 0 Å². The molecular weight excluding hydrogens is 168 g/mol. The van der Waals surface area contributed by atoms with Gasteiger partial charge in [0.15, 0.2) is 0 Å². The monoisotopic (exact) mass is 194 g/mol. The second kappa shape index (κ2) is 3.54. The minimum atomic E-state index is 0.609. The summed E-state index contributed by atoms with van der Waals surface area (Å²) in [7, 11) is 0. The number of fused-ring (bicyclic) bond motifs is 1. The third kappa shape index (κ3) is 1.73. The van der Waals surface area contributed by atoms with Crippen LogP contribution in [-0.2, 0) is 0 Å². The second-order valence-electron chi connectivity index (χ2n) is 6.66. The molecule has 0 N–H and O–H groups in total. The van der Waals surface area contributed by atoms with Gasteiger partial charge in [-0.3, -0.25) is 0 Å². The van der Waals surface area contributed by atoms with Crippen molar-refractivity contribution < 1.29 is 0 Å². The molecule has 4 unspecified atom stereocenters. The molecule has 0 aliphatic heterocycles. The summed E-state index contributed by atoms with van der Waals surface area (Å²) >= 11 is 0. The molecule has 2 aliphatic rings. The van der Waals surface area contributed by atoms with Crippen molar-refractivity contribution in [1.29, 1.82) is 0 Å². The first-order valence-corrected chi connectivity index (χ1v) is 6.50. The van der Waals surface area contributed by atoms with Gasteiger partial charge in [-0.25, -0.2) is 0 Å². The Labute approximate surface area is 89.5 Å². The van der Waals surface area contributed by atoms with Gasteiger partial charge < -0.3 is 0 Å². The predicted octanol–water partition coefficient (Wildman–Crippen LogP) is 4.49. The van der Waals surface area contributed by atoms with Crippen LogP contribution in [0.3, 0.4) is 0 Å². The van der Waals surface area contributed by atoms with Gasteiger partial charge >= 0.3 is 0 Å². The largest absolute Gasteiger partial charge is 0.0625 e. The average molecular weight is 194 g/mol. The maximum Gasteiger partial charge on any atom is -0.0326 e. The zero-order valence-electron chi connectivity index (χ0n) is 10.3. The smallest absolute Gasteiger partial charge is 0.0326 e. The Morgan fingerprint density at radius 3 is 2.43 bits per heavy atom. The third-order valence-corrected chi connectivity index (χ3v) is 5.34. The van der Waals surface area contributed by atoms with E-state index in [4.69, 9.17) is 0 Å². The summed E-state index contributed by atoms with van der Waals surface area (Å²) in [6.45, 7) is 9.92. The van der Waals surface area contributed by atoms with Crippen LogP contribution in [0.5, 0.6) is 0 Å². The van der Waals surface area contributed by atoms with E-state index in [-0.39, 0.29) is 0 Å². The minimum absolute atomic E-state index is 0.609. The fourth-order valence-corrected chi connectivity index (χ4v) is 3.82. The van der Waals surface area contributed by atoms with Crippen molar-refractivity contribution >= 4 is 0 Å². The van der Waals surface area contributed by atoms with Crippen LogP contribution in [0.15, 0.2) is 0 Å². The van der Waals surface area contributed by atoms with Gasteiger partial charge in [-0.1, -0.05) is 34.1 Å². The van der Waals surface area contributed by atoms with Crippen LogP contribution in [0.4, 0.5) is 0 Å². The zero-order chi connectivity index (χ0) is 10.3. The van der Waals surface area contributed by atoms with Gasteiger partial charge in [-0.05, 0) is 54.8 Å². The number of hydrogen-bond acceptors (Lipinski definition) is 0. The van der Waals surface area contributed by atoms with Crippen molar-refractivity contribution in [2.75, 3.05) is 0 Å². The van der Waals surface area contributed by atoms with Gasteiger partial charge in [0.25, 0.3) is 0 Å². The lowest BCUT2D eigenvalue weighted by Gasteiger charge is -2.50. The number of hydrogen-bond donors (Lipinski definition) is 0. The van der Waals surface area contributed by atoms with E-state index in [1.54, 1.807) is 0 Å². The minimum Gasteiger partial charge on any atom is -0.0625 e. The Bertz CT molecular complexity index is 204. The summed E-state index contributed by atoms with van der Waals surface area (Å²) in [6.07, 6.45) is 7.49. The van der Waals surface area contributed by atoms with Crippen LogP contribution in [-0.4, -0.2) is 0 Å².